The fraction of sp³-hybridized carbons (Fsp3) is 0.750. The summed E-state index contributed by atoms with van der Waals surface area (Å²) in [6.07, 6.45) is 2.78. The van der Waals surface area contributed by atoms with Gasteiger partial charge in [0, 0.05) is 20.0 Å². The summed E-state index contributed by atoms with van der Waals surface area (Å²) < 4.78 is 0. The zero-order valence-corrected chi connectivity index (χ0v) is 10.9. The molecule has 1 N–H and O–H groups in total. The number of likely N-dealkylation sites (tertiary alicyclic amines) is 1. The number of hydrogen-bond donors (Lipinski definition) is 1. The third-order valence-electron chi connectivity index (χ3n) is 3.16. The summed E-state index contributed by atoms with van der Waals surface area (Å²) in [5, 5.41) is 8.68. The molecule has 0 radical (unpaired) electrons. The van der Waals surface area contributed by atoms with Gasteiger partial charge in [0.15, 0.2) is 0 Å². The van der Waals surface area contributed by atoms with E-state index in [0.29, 0.717) is 19.4 Å². The van der Waals surface area contributed by atoms with E-state index in [2.05, 4.69) is 0 Å². The molecule has 0 spiro atoms. The van der Waals surface area contributed by atoms with Crippen molar-refractivity contribution in [1.29, 1.82) is 0 Å². The van der Waals surface area contributed by atoms with Gasteiger partial charge in [-0.1, -0.05) is 6.92 Å². The van der Waals surface area contributed by atoms with Gasteiger partial charge in [0.1, 0.15) is 12.6 Å². The molecule has 1 atom stereocenters. The summed E-state index contributed by atoms with van der Waals surface area (Å²) in [7, 11) is 1.46. The standard InChI is InChI=1S/C12H20N2O4/c1-3-10(15)14-7-5-4-6-9(14)12(18)13(2)8-11(16)17/h9H,3-8H2,1-2H3,(H,16,17). The molecule has 1 heterocycles. The van der Waals surface area contributed by atoms with E-state index in [4.69, 9.17) is 5.11 Å². The van der Waals surface area contributed by atoms with E-state index in [1.54, 1.807) is 11.8 Å². The van der Waals surface area contributed by atoms with Crippen molar-refractivity contribution < 1.29 is 19.5 Å². The van der Waals surface area contributed by atoms with Crippen LogP contribution in [0.1, 0.15) is 32.6 Å². The number of rotatable bonds is 4. The van der Waals surface area contributed by atoms with E-state index in [9.17, 15) is 14.4 Å². The molecule has 1 saturated heterocycles. The third-order valence-corrected chi connectivity index (χ3v) is 3.16. The average molecular weight is 256 g/mol. The molecular formula is C12H20N2O4. The van der Waals surface area contributed by atoms with E-state index in [1.165, 1.54) is 11.9 Å². The van der Waals surface area contributed by atoms with Crippen LogP contribution in [0.4, 0.5) is 0 Å². The van der Waals surface area contributed by atoms with E-state index in [-0.39, 0.29) is 18.4 Å². The first-order chi connectivity index (χ1) is 8.47. The van der Waals surface area contributed by atoms with Crippen LogP contribution in [0.2, 0.25) is 0 Å². The minimum atomic E-state index is -1.05. The van der Waals surface area contributed by atoms with Gasteiger partial charge in [-0.25, -0.2) is 0 Å². The highest BCUT2D eigenvalue weighted by molar-refractivity contribution is 5.89. The molecule has 18 heavy (non-hydrogen) atoms. The minimum Gasteiger partial charge on any atom is -0.480 e. The van der Waals surface area contributed by atoms with Crippen molar-refractivity contribution in [1.82, 2.24) is 9.80 Å². The van der Waals surface area contributed by atoms with Crippen LogP contribution in [-0.2, 0) is 14.4 Å². The number of nitrogens with zero attached hydrogens (tertiary/aromatic N) is 2. The Hall–Kier alpha value is -1.59. The Morgan fingerprint density at radius 1 is 1.33 bits per heavy atom. The number of piperidine rings is 1. The molecule has 2 amide bonds. The summed E-state index contributed by atoms with van der Waals surface area (Å²) in [4.78, 5) is 37.3. The second-order valence-electron chi connectivity index (χ2n) is 4.54. The predicted octanol–water partition coefficient (Wildman–Crippen LogP) is 0.321. The maximum Gasteiger partial charge on any atom is 0.323 e. The lowest BCUT2D eigenvalue weighted by molar-refractivity contribution is -0.150. The van der Waals surface area contributed by atoms with Gasteiger partial charge in [-0.15, -0.1) is 0 Å². The number of carbonyl (C=O) groups is 3. The van der Waals surface area contributed by atoms with Gasteiger partial charge < -0.3 is 14.9 Å². The predicted molar refractivity (Wildman–Crippen MR) is 64.9 cm³/mol. The van der Waals surface area contributed by atoms with Crippen LogP contribution in [0.3, 0.4) is 0 Å². The largest absolute Gasteiger partial charge is 0.480 e. The van der Waals surface area contributed by atoms with Gasteiger partial charge in [0.05, 0.1) is 0 Å². The van der Waals surface area contributed by atoms with Crippen molar-refractivity contribution in [2.75, 3.05) is 20.1 Å². The van der Waals surface area contributed by atoms with Gasteiger partial charge in [0.2, 0.25) is 11.8 Å². The topological polar surface area (TPSA) is 77.9 Å². The van der Waals surface area contributed by atoms with Gasteiger partial charge in [0.25, 0.3) is 0 Å². The normalized spacial score (nSPS) is 19.4. The smallest absolute Gasteiger partial charge is 0.323 e. The van der Waals surface area contributed by atoms with Crippen LogP contribution in [0.25, 0.3) is 0 Å². The average Bonchev–Trinajstić information content (AvgIpc) is 2.36. The highest BCUT2D eigenvalue weighted by atomic mass is 16.4. The lowest BCUT2D eigenvalue weighted by atomic mass is 10.0. The van der Waals surface area contributed by atoms with Crippen LogP contribution >= 0.6 is 0 Å². The van der Waals surface area contributed by atoms with Crippen molar-refractivity contribution in [3.05, 3.63) is 0 Å². The molecule has 0 aromatic rings. The Bertz CT molecular complexity index is 343. The Kier molecular flexibility index (Phi) is 5.12. The molecule has 1 fully saturated rings. The van der Waals surface area contributed by atoms with Crippen molar-refractivity contribution in [2.45, 2.75) is 38.6 Å². The van der Waals surface area contributed by atoms with E-state index in [0.717, 1.165) is 12.8 Å². The number of likely N-dealkylation sites (N-methyl/N-ethyl adjacent to an activating group) is 1. The molecule has 1 unspecified atom stereocenters. The van der Waals surface area contributed by atoms with E-state index >= 15 is 0 Å². The highest BCUT2D eigenvalue weighted by Gasteiger charge is 2.33. The SMILES string of the molecule is CCC(=O)N1CCCCC1C(=O)N(C)CC(=O)O. The van der Waals surface area contributed by atoms with E-state index in [1.807, 2.05) is 0 Å². The summed E-state index contributed by atoms with van der Waals surface area (Å²) in [5.41, 5.74) is 0. The number of amides is 2. The zero-order valence-electron chi connectivity index (χ0n) is 10.9. The summed E-state index contributed by atoms with van der Waals surface area (Å²) in [6.45, 7) is 2.02. The molecule has 0 aliphatic carbocycles. The van der Waals surface area contributed by atoms with Crippen LogP contribution < -0.4 is 0 Å². The molecule has 1 rings (SSSR count). The van der Waals surface area contributed by atoms with Crippen molar-refractivity contribution in [3.8, 4) is 0 Å². The number of carbonyl (C=O) groups excluding carboxylic acids is 2. The van der Waals surface area contributed by atoms with Gasteiger partial charge in [-0.05, 0) is 19.3 Å². The fourth-order valence-corrected chi connectivity index (χ4v) is 2.23. The van der Waals surface area contributed by atoms with Crippen LogP contribution in [0, 0.1) is 0 Å². The Labute approximate surface area is 107 Å². The maximum absolute atomic E-state index is 12.1. The number of hydrogen-bond acceptors (Lipinski definition) is 3. The first-order valence-corrected chi connectivity index (χ1v) is 6.23. The summed E-state index contributed by atoms with van der Waals surface area (Å²) >= 11 is 0. The molecule has 0 saturated carbocycles. The Morgan fingerprint density at radius 3 is 2.56 bits per heavy atom. The number of aliphatic carboxylic acids is 1. The summed E-state index contributed by atoms with van der Waals surface area (Å²) in [5.74, 6) is -1.37. The first-order valence-electron chi connectivity index (χ1n) is 6.23. The molecule has 1 aliphatic heterocycles. The van der Waals surface area contributed by atoms with Crippen LogP contribution in [0.5, 0.6) is 0 Å². The Balaban J connectivity index is 2.73. The highest BCUT2D eigenvalue weighted by Crippen LogP contribution is 2.19. The molecule has 0 aromatic carbocycles. The minimum absolute atomic E-state index is 0.0447. The van der Waals surface area contributed by atoms with Crippen molar-refractivity contribution in [2.24, 2.45) is 0 Å². The lowest BCUT2D eigenvalue weighted by Crippen LogP contribution is -2.52. The Morgan fingerprint density at radius 2 is 2.00 bits per heavy atom. The van der Waals surface area contributed by atoms with Gasteiger partial charge in [-0.2, -0.15) is 0 Å². The molecule has 6 heteroatoms. The second-order valence-corrected chi connectivity index (χ2v) is 4.54. The molecule has 1 aliphatic rings. The fourth-order valence-electron chi connectivity index (χ4n) is 2.23. The number of carboxylic acids is 1. The molecule has 6 nitrogen and oxygen atoms in total. The monoisotopic (exact) mass is 256 g/mol. The molecule has 102 valence electrons. The zero-order chi connectivity index (χ0) is 13.7. The van der Waals surface area contributed by atoms with Gasteiger partial charge in [-0.3, -0.25) is 14.4 Å². The lowest BCUT2D eigenvalue weighted by Gasteiger charge is -2.36. The second kappa shape index (κ2) is 6.37. The molecule has 0 aromatic heterocycles. The molecule has 0 bridgehead atoms. The van der Waals surface area contributed by atoms with Crippen molar-refractivity contribution in [3.63, 3.8) is 0 Å². The third kappa shape index (κ3) is 3.45. The molecular weight excluding hydrogens is 236 g/mol. The van der Waals surface area contributed by atoms with Crippen molar-refractivity contribution >= 4 is 17.8 Å². The van der Waals surface area contributed by atoms with Gasteiger partial charge >= 0.3 is 5.97 Å². The quantitative estimate of drug-likeness (QED) is 0.785. The maximum atomic E-state index is 12.1. The van der Waals surface area contributed by atoms with Crippen LogP contribution in [0.15, 0.2) is 0 Å². The first kappa shape index (κ1) is 14.5. The summed E-state index contributed by atoms with van der Waals surface area (Å²) in [6, 6.07) is -0.490. The van der Waals surface area contributed by atoms with E-state index < -0.39 is 12.0 Å². The number of carboxylic acid groups (broad SMARTS) is 1. The van der Waals surface area contributed by atoms with Crippen LogP contribution in [-0.4, -0.2) is 58.9 Å².